The molecule has 1 fully saturated rings. The van der Waals surface area contributed by atoms with Crippen molar-refractivity contribution in [2.24, 2.45) is 0 Å². The van der Waals surface area contributed by atoms with E-state index < -0.39 is 11.7 Å². The molecule has 4 nitrogen and oxygen atoms in total. The average molecular weight is 337 g/mol. The van der Waals surface area contributed by atoms with E-state index in [1.807, 2.05) is 0 Å². The van der Waals surface area contributed by atoms with Gasteiger partial charge in [0, 0.05) is 18.5 Å². The van der Waals surface area contributed by atoms with Crippen LogP contribution in [0.15, 0.2) is 23.0 Å². The summed E-state index contributed by atoms with van der Waals surface area (Å²) in [5.74, 6) is 0.763. The molecule has 2 aliphatic rings. The highest BCUT2D eigenvalue weighted by atomic mass is 19.4. The van der Waals surface area contributed by atoms with Gasteiger partial charge in [-0.2, -0.15) is 13.2 Å². The summed E-state index contributed by atoms with van der Waals surface area (Å²) in [4.78, 5) is 19.5. The minimum atomic E-state index is -4.43. The van der Waals surface area contributed by atoms with Crippen LogP contribution in [0.4, 0.5) is 13.2 Å². The highest BCUT2D eigenvalue weighted by Crippen LogP contribution is 2.37. The quantitative estimate of drug-likeness (QED) is 0.742. The van der Waals surface area contributed by atoms with Gasteiger partial charge >= 0.3 is 6.18 Å². The number of hydrogen-bond acceptors (Lipinski definition) is 3. The number of rotatable bonds is 0. The summed E-state index contributed by atoms with van der Waals surface area (Å²) in [5.41, 5.74) is -0.842. The van der Waals surface area contributed by atoms with Crippen LogP contribution in [0.3, 0.4) is 0 Å². The van der Waals surface area contributed by atoms with Crippen LogP contribution in [0.5, 0.6) is 0 Å². The molecule has 3 heterocycles. The third-order valence-electron chi connectivity index (χ3n) is 5.35. The van der Waals surface area contributed by atoms with E-state index in [0.717, 1.165) is 37.9 Å². The van der Waals surface area contributed by atoms with E-state index in [-0.39, 0.29) is 22.4 Å². The minimum Gasteiger partial charge on any atom is -0.303 e. The van der Waals surface area contributed by atoms with Gasteiger partial charge in [0.25, 0.3) is 5.56 Å². The molecule has 24 heavy (non-hydrogen) atoms. The summed E-state index contributed by atoms with van der Waals surface area (Å²) in [6, 6.07) is 3.51. The Kier molecular flexibility index (Phi) is 3.46. The highest BCUT2D eigenvalue weighted by Gasteiger charge is 2.37. The maximum atomic E-state index is 13.0. The van der Waals surface area contributed by atoms with Crippen molar-refractivity contribution in [2.45, 2.75) is 43.9 Å². The lowest BCUT2D eigenvalue weighted by Crippen LogP contribution is -2.47. The first kappa shape index (κ1) is 15.6. The van der Waals surface area contributed by atoms with E-state index in [1.165, 1.54) is 6.07 Å². The summed E-state index contributed by atoms with van der Waals surface area (Å²) in [7, 11) is 2.06. The third kappa shape index (κ3) is 2.33. The van der Waals surface area contributed by atoms with Gasteiger partial charge in [-0.1, -0.05) is 0 Å². The van der Waals surface area contributed by atoms with Crippen molar-refractivity contribution in [3.05, 3.63) is 39.9 Å². The molecule has 2 aromatic rings. The van der Waals surface area contributed by atoms with Crippen LogP contribution >= 0.6 is 0 Å². The van der Waals surface area contributed by atoms with E-state index >= 15 is 0 Å². The summed E-state index contributed by atoms with van der Waals surface area (Å²) in [6.07, 6.45) is -1.63. The largest absolute Gasteiger partial charge is 0.416 e. The summed E-state index contributed by atoms with van der Waals surface area (Å²) in [5, 5.41) is 0.259. The SMILES string of the molecule is CN1CCC[C@H]2c3nc4cc(C(F)(F)F)ccc4c(=O)n3CC[C@H]21. The van der Waals surface area contributed by atoms with Crippen LogP contribution in [-0.2, 0) is 12.7 Å². The third-order valence-corrected chi connectivity index (χ3v) is 5.35. The number of piperidine rings is 1. The molecule has 0 spiro atoms. The first-order valence-corrected chi connectivity index (χ1v) is 8.18. The van der Waals surface area contributed by atoms with Crippen LogP contribution in [0.25, 0.3) is 10.9 Å². The monoisotopic (exact) mass is 337 g/mol. The van der Waals surface area contributed by atoms with Gasteiger partial charge in [-0.25, -0.2) is 4.98 Å². The van der Waals surface area contributed by atoms with Gasteiger partial charge in [0.2, 0.25) is 0 Å². The second-order valence-electron chi connectivity index (χ2n) is 6.74. The van der Waals surface area contributed by atoms with Gasteiger partial charge in [0.05, 0.1) is 16.5 Å². The molecule has 0 unspecified atom stereocenters. The standard InChI is InChI=1S/C17H18F3N3O/c1-22-7-2-3-12-14(22)6-8-23-15(12)21-13-9-10(17(18,19)20)4-5-11(13)16(23)24/h4-5,9,12,14H,2-3,6-8H2,1H3/t12-,14-/m1/s1. The zero-order valence-corrected chi connectivity index (χ0v) is 13.3. The Balaban J connectivity index is 1.91. The van der Waals surface area contributed by atoms with E-state index in [9.17, 15) is 18.0 Å². The molecule has 1 saturated heterocycles. The second kappa shape index (κ2) is 5.31. The van der Waals surface area contributed by atoms with E-state index in [2.05, 4.69) is 16.9 Å². The van der Waals surface area contributed by atoms with Crippen LogP contribution in [0.2, 0.25) is 0 Å². The zero-order valence-electron chi connectivity index (χ0n) is 13.3. The van der Waals surface area contributed by atoms with Crippen LogP contribution in [0.1, 0.15) is 36.6 Å². The highest BCUT2D eigenvalue weighted by molar-refractivity contribution is 5.78. The zero-order chi connectivity index (χ0) is 17.1. The van der Waals surface area contributed by atoms with E-state index in [4.69, 9.17) is 0 Å². The smallest absolute Gasteiger partial charge is 0.303 e. The molecule has 0 saturated carbocycles. The molecule has 2 aliphatic heterocycles. The number of likely N-dealkylation sites (N-methyl/N-ethyl adjacent to an activating group) is 1. The summed E-state index contributed by atoms with van der Waals surface area (Å²) in [6.45, 7) is 1.58. The Morgan fingerprint density at radius 2 is 2.00 bits per heavy atom. The molecule has 4 rings (SSSR count). The lowest BCUT2D eigenvalue weighted by molar-refractivity contribution is -0.137. The number of alkyl halides is 3. The predicted molar refractivity (Wildman–Crippen MR) is 84.0 cm³/mol. The fourth-order valence-electron chi connectivity index (χ4n) is 4.12. The van der Waals surface area contributed by atoms with Crippen molar-refractivity contribution in [3.63, 3.8) is 0 Å². The van der Waals surface area contributed by atoms with Crippen molar-refractivity contribution in [1.82, 2.24) is 14.5 Å². The molecule has 1 aromatic carbocycles. The molecule has 2 atom stereocenters. The molecule has 0 N–H and O–H groups in total. The van der Waals surface area contributed by atoms with Crippen LogP contribution < -0.4 is 5.56 Å². The van der Waals surface area contributed by atoms with Gasteiger partial charge in [0.1, 0.15) is 5.82 Å². The van der Waals surface area contributed by atoms with Crippen LogP contribution in [-0.4, -0.2) is 34.1 Å². The molecule has 1 aromatic heterocycles. The Labute approximate surface area is 136 Å². The molecular formula is C17H18F3N3O. The first-order valence-electron chi connectivity index (χ1n) is 8.18. The summed E-state index contributed by atoms with van der Waals surface area (Å²) < 4.78 is 40.5. The number of nitrogens with zero attached hydrogens (tertiary/aromatic N) is 3. The molecule has 0 radical (unpaired) electrons. The van der Waals surface area contributed by atoms with E-state index in [0.29, 0.717) is 18.4 Å². The van der Waals surface area contributed by atoms with Gasteiger partial charge in [-0.15, -0.1) is 0 Å². The predicted octanol–water partition coefficient (Wildman–Crippen LogP) is 3.00. The first-order chi connectivity index (χ1) is 11.4. The van der Waals surface area contributed by atoms with Crippen molar-refractivity contribution in [3.8, 4) is 0 Å². The number of benzene rings is 1. The lowest BCUT2D eigenvalue weighted by Gasteiger charge is -2.42. The van der Waals surface area contributed by atoms with Gasteiger partial charge < -0.3 is 4.90 Å². The fourth-order valence-corrected chi connectivity index (χ4v) is 4.12. The number of likely N-dealkylation sites (tertiary alicyclic amines) is 1. The molecule has 0 amide bonds. The van der Waals surface area contributed by atoms with Crippen LogP contribution in [0, 0.1) is 0 Å². The molecule has 128 valence electrons. The second-order valence-corrected chi connectivity index (χ2v) is 6.74. The molecular weight excluding hydrogens is 319 g/mol. The number of hydrogen-bond donors (Lipinski definition) is 0. The van der Waals surface area contributed by atoms with Crippen molar-refractivity contribution < 1.29 is 13.2 Å². The molecule has 7 heteroatoms. The normalized spacial score (nSPS) is 24.7. The van der Waals surface area contributed by atoms with Crippen molar-refractivity contribution in [2.75, 3.05) is 13.6 Å². The number of fused-ring (bicyclic) bond motifs is 4. The number of halogens is 3. The topological polar surface area (TPSA) is 38.1 Å². The Morgan fingerprint density at radius 3 is 2.75 bits per heavy atom. The fraction of sp³-hybridized carbons (Fsp3) is 0.529. The molecule has 0 bridgehead atoms. The van der Waals surface area contributed by atoms with Gasteiger partial charge in [0.15, 0.2) is 0 Å². The Hall–Kier alpha value is -1.89. The maximum absolute atomic E-state index is 13.0. The van der Waals surface area contributed by atoms with Gasteiger partial charge in [-0.3, -0.25) is 9.36 Å². The lowest BCUT2D eigenvalue weighted by atomic mass is 9.84. The number of aromatic nitrogens is 2. The van der Waals surface area contributed by atoms with E-state index in [1.54, 1.807) is 4.57 Å². The van der Waals surface area contributed by atoms with Crippen molar-refractivity contribution >= 4 is 10.9 Å². The van der Waals surface area contributed by atoms with Crippen molar-refractivity contribution in [1.29, 1.82) is 0 Å². The Bertz CT molecular complexity index is 859. The Morgan fingerprint density at radius 1 is 1.21 bits per heavy atom. The average Bonchev–Trinajstić information content (AvgIpc) is 2.54. The molecule has 0 aliphatic carbocycles. The van der Waals surface area contributed by atoms with Gasteiger partial charge in [-0.05, 0) is 51.1 Å². The minimum absolute atomic E-state index is 0.115. The maximum Gasteiger partial charge on any atom is 0.416 e. The summed E-state index contributed by atoms with van der Waals surface area (Å²) >= 11 is 0.